The van der Waals surface area contributed by atoms with E-state index in [4.69, 9.17) is 5.11 Å². The van der Waals surface area contributed by atoms with Crippen molar-refractivity contribution in [1.82, 2.24) is 10.2 Å². The standard InChI is InChI=1S/C12H22N2O3/c1-3-7-14-8-6-9(2)13-12(17)10(14)4-5-11(15)16/h9-10H,3-8H2,1-2H3,(H,13,17)(H,15,16). The molecule has 1 saturated heterocycles. The van der Waals surface area contributed by atoms with Gasteiger partial charge >= 0.3 is 5.97 Å². The fraction of sp³-hybridized carbons (Fsp3) is 0.833. The number of aliphatic carboxylic acids is 1. The van der Waals surface area contributed by atoms with Crippen molar-refractivity contribution in [3.8, 4) is 0 Å². The molecule has 1 rings (SSSR count). The first kappa shape index (κ1) is 14.0. The van der Waals surface area contributed by atoms with Crippen LogP contribution in [0.15, 0.2) is 0 Å². The van der Waals surface area contributed by atoms with Gasteiger partial charge in [0.2, 0.25) is 5.91 Å². The molecule has 0 radical (unpaired) electrons. The first-order valence-electron chi connectivity index (χ1n) is 6.30. The average Bonchev–Trinajstić information content (AvgIpc) is 2.37. The van der Waals surface area contributed by atoms with Crippen molar-refractivity contribution in [1.29, 1.82) is 0 Å². The summed E-state index contributed by atoms with van der Waals surface area (Å²) < 4.78 is 0. The molecular formula is C12H22N2O3. The van der Waals surface area contributed by atoms with Crippen LogP contribution in [-0.4, -0.2) is 47.1 Å². The third kappa shape index (κ3) is 4.34. The minimum absolute atomic E-state index is 0.0234. The molecule has 0 aliphatic carbocycles. The molecular weight excluding hydrogens is 220 g/mol. The molecule has 1 aliphatic heterocycles. The van der Waals surface area contributed by atoms with Gasteiger partial charge in [-0.25, -0.2) is 0 Å². The van der Waals surface area contributed by atoms with E-state index in [9.17, 15) is 9.59 Å². The van der Waals surface area contributed by atoms with Crippen molar-refractivity contribution >= 4 is 11.9 Å². The number of amides is 1. The van der Waals surface area contributed by atoms with Gasteiger partial charge in [-0.3, -0.25) is 14.5 Å². The number of carboxylic acid groups (broad SMARTS) is 1. The molecule has 0 aromatic heterocycles. The first-order chi connectivity index (χ1) is 8.04. The molecule has 0 spiro atoms. The topological polar surface area (TPSA) is 69.6 Å². The van der Waals surface area contributed by atoms with E-state index < -0.39 is 5.97 Å². The Kier molecular flexibility index (Phi) is 5.41. The number of nitrogens with zero attached hydrogens (tertiary/aromatic N) is 1. The highest BCUT2D eigenvalue weighted by Crippen LogP contribution is 2.14. The van der Waals surface area contributed by atoms with Crippen LogP contribution in [0.25, 0.3) is 0 Å². The number of hydrogen-bond donors (Lipinski definition) is 2. The first-order valence-corrected chi connectivity index (χ1v) is 6.30. The van der Waals surface area contributed by atoms with Crippen LogP contribution in [0.3, 0.4) is 0 Å². The van der Waals surface area contributed by atoms with Gasteiger partial charge in [0.05, 0.1) is 6.04 Å². The SMILES string of the molecule is CCCN1CCC(C)NC(=O)C1CCC(=O)O. The third-order valence-corrected chi connectivity index (χ3v) is 3.12. The van der Waals surface area contributed by atoms with E-state index in [1.807, 2.05) is 6.92 Å². The lowest BCUT2D eigenvalue weighted by atomic mass is 10.1. The van der Waals surface area contributed by atoms with Crippen LogP contribution in [-0.2, 0) is 9.59 Å². The van der Waals surface area contributed by atoms with Gasteiger partial charge in [-0.1, -0.05) is 6.92 Å². The molecule has 1 aliphatic rings. The normalized spacial score (nSPS) is 26.4. The Morgan fingerprint density at radius 3 is 2.88 bits per heavy atom. The Hall–Kier alpha value is -1.10. The molecule has 1 amide bonds. The summed E-state index contributed by atoms with van der Waals surface area (Å²) in [6, 6.07) is -0.104. The average molecular weight is 242 g/mol. The van der Waals surface area contributed by atoms with Gasteiger partial charge in [0.15, 0.2) is 0 Å². The lowest BCUT2D eigenvalue weighted by Gasteiger charge is -2.27. The molecule has 2 unspecified atom stereocenters. The van der Waals surface area contributed by atoms with Crippen LogP contribution in [0, 0.1) is 0 Å². The zero-order chi connectivity index (χ0) is 12.8. The molecule has 1 fully saturated rings. The van der Waals surface area contributed by atoms with Gasteiger partial charge in [-0.2, -0.15) is 0 Å². The molecule has 2 N–H and O–H groups in total. The zero-order valence-corrected chi connectivity index (χ0v) is 10.6. The molecule has 5 nitrogen and oxygen atoms in total. The third-order valence-electron chi connectivity index (χ3n) is 3.12. The number of carbonyl (C=O) groups is 2. The molecule has 1 heterocycles. The van der Waals surface area contributed by atoms with E-state index >= 15 is 0 Å². The minimum atomic E-state index is -0.841. The number of carbonyl (C=O) groups excluding carboxylic acids is 1. The molecule has 0 aromatic rings. The van der Waals surface area contributed by atoms with E-state index in [0.717, 1.165) is 25.9 Å². The Morgan fingerprint density at radius 2 is 2.29 bits per heavy atom. The van der Waals surface area contributed by atoms with E-state index in [0.29, 0.717) is 6.42 Å². The second-order valence-electron chi connectivity index (χ2n) is 4.68. The van der Waals surface area contributed by atoms with Crippen LogP contribution in [0.5, 0.6) is 0 Å². The summed E-state index contributed by atoms with van der Waals surface area (Å²) in [6.45, 7) is 5.77. The smallest absolute Gasteiger partial charge is 0.303 e. The highest BCUT2D eigenvalue weighted by Gasteiger charge is 2.29. The summed E-state index contributed by atoms with van der Waals surface area (Å²) in [5.74, 6) is -0.865. The maximum atomic E-state index is 12.0. The monoisotopic (exact) mass is 242 g/mol. The van der Waals surface area contributed by atoms with E-state index in [-0.39, 0.29) is 24.4 Å². The number of carboxylic acids is 1. The molecule has 0 bridgehead atoms. The summed E-state index contributed by atoms with van der Waals surface area (Å²) in [5.41, 5.74) is 0. The van der Waals surface area contributed by atoms with Crippen LogP contribution in [0.1, 0.15) is 39.5 Å². The fourth-order valence-corrected chi connectivity index (χ4v) is 2.22. The Labute approximate surface area is 102 Å². The van der Waals surface area contributed by atoms with Gasteiger partial charge in [0.1, 0.15) is 0 Å². The summed E-state index contributed by atoms with van der Waals surface area (Å²) in [7, 11) is 0. The lowest BCUT2D eigenvalue weighted by molar-refractivity contribution is -0.137. The van der Waals surface area contributed by atoms with Gasteiger partial charge in [0.25, 0.3) is 0 Å². The predicted molar refractivity (Wildman–Crippen MR) is 64.7 cm³/mol. The van der Waals surface area contributed by atoms with Gasteiger partial charge in [0, 0.05) is 19.0 Å². The summed E-state index contributed by atoms with van der Waals surface area (Å²) in [5, 5.41) is 11.6. The Bertz CT molecular complexity index is 281. The largest absolute Gasteiger partial charge is 0.481 e. The number of hydrogen-bond acceptors (Lipinski definition) is 3. The number of rotatable bonds is 5. The van der Waals surface area contributed by atoms with Gasteiger partial charge in [-0.15, -0.1) is 0 Å². The van der Waals surface area contributed by atoms with Crippen LogP contribution in [0.4, 0.5) is 0 Å². The molecule has 0 saturated carbocycles. The van der Waals surface area contributed by atoms with Crippen molar-refractivity contribution in [2.45, 2.75) is 51.6 Å². The molecule has 0 aromatic carbocycles. The van der Waals surface area contributed by atoms with E-state index in [2.05, 4.69) is 17.1 Å². The second kappa shape index (κ2) is 6.59. The maximum Gasteiger partial charge on any atom is 0.303 e. The molecule has 17 heavy (non-hydrogen) atoms. The van der Waals surface area contributed by atoms with Crippen molar-refractivity contribution < 1.29 is 14.7 Å². The van der Waals surface area contributed by atoms with Gasteiger partial charge < -0.3 is 10.4 Å². The van der Waals surface area contributed by atoms with Crippen LogP contribution in [0.2, 0.25) is 0 Å². The van der Waals surface area contributed by atoms with E-state index in [1.54, 1.807) is 0 Å². The Balaban J connectivity index is 2.68. The second-order valence-corrected chi connectivity index (χ2v) is 4.68. The van der Waals surface area contributed by atoms with Crippen molar-refractivity contribution in [2.75, 3.05) is 13.1 Å². The lowest BCUT2D eigenvalue weighted by Crippen LogP contribution is -2.45. The summed E-state index contributed by atoms with van der Waals surface area (Å²) in [6.07, 6.45) is 2.35. The zero-order valence-electron chi connectivity index (χ0n) is 10.6. The maximum absolute atomic E-state index is 12.0. The fourth-order valence-electron chi connectivity index (χ4n) is 2.22. The van der Waals surface area contributed by atoms with Crippen molar-refractivity contribution in [3.63, 3.8) is 0 Å². The van der Waals surface area contributed by atoms with E-state index in [1.165, 1.54) is 0 Å². The summed E-state index contributed by atoms with van der Waals surface area (Å²) in [4.78, 5) is 24.7. The van der Waals surface area contributed by atoms with Crippen LogP contribution < -0.4 is 5.32 Å². The predicted octanol–water partition coefficient (Wildman–Crippen LogP) is 0.840. The van der Waals surface area contributed by atoms with Gasteiger partial charge in [-0.05, 0) is 32.7 Å². The quantitative estimate of drug-likeness (QED) is 0.749. The summed E-state index contributed by atoms with van der Waals surface area (Å²) >= 11 is 0. The molecule has 2 atom stereocenters. The van der Waals surface area contributed by atoms with Crippen LogP contribution >= 0.6 is 0 Å². The minimum Gasteiger partial charge on any atom is -0.481 e. The highest BCUT2D eigenvalue weighted by molar-refractivity contribution is 5.82. The number of nitrogens with one attached hydrogen (secondary N) is 1. The van der Waals surface area contributed by atoms with Crippen molar-refractivity contribution in [3.05, 3.63) is 0 Å². The van der Waals surface area contributed by atoms with Crippen molar-refractivity contribution in [2.24, 2.45) is 0 Å². The highest BCUT2D eigenvalue weighted by atomic mass is 16.4. The Morgan fingerprint density at radius 1 is 1.59 bits per heavy atom. The molecule has 98 valence electrons. The molecule has 5 heteroatoms.